The van der Waals surface area contributed by atoms with Crippen molar-refractivity contribution in [1.29, 1.82) is 0 Å². The van der Waals surface area contributed by atoms with Crippen LogP contribution in [0.5, 0.6) is 0 Å². The second-order valence-corrected chi connectivity index (χ2v) is 8.84. The molecule has 2 aliphatic rings. The molecule has 3 aromatic rings. The van der Waals surface area contributed by atoms with Crippen LogP contribution in [-0.2, 0) is 11.8 Å². The molecule has 0 saturated carbocycles. The molecule has 2 aliphatic carbocycles. The highest BCUT2D eigenvalue weighted by molar-refractivity contribution is 5.82. The number of hydrogen-bond acceptors (Lipinski definition) is 1. The van der Waals surface area contributed by atoms with E-state index in [1.54, 1.807) is 23.0 Å². The van der Waals surface area contributed by atoms with Gasteiger partial charge in [0.1, 0.15) is 5.82 Å². The van der Waals surface area contributed by atoms with E-state index in [0.29, 0.717) is 6.42 Å². The molecule has 0 fully saturated rings. The molecular formula is C25H24F4N2. The number of rotatable bonds is 2. The van der Waals surface area contributed by atoms with Crippen LogP contribution < -0.4 is 0 Å². The number of aryl methyl sites for hydroxylation is 1. The Balaban J connectivity index is 1.64. The van der Waals surface area contributed by atoms with Crippen LogP contribution in [0.3, 0.4) is 0 Å². The average Bonchev–Trinajstić information content (AvgIpc) is 3.08. The first-order valence-corrected chi connectivity index (χ1v) is 10.8. The lowest BCUT2D eigenvalue weighted by Crippen LogP contribution is -2.38. The number of hydrogen-bond donors (Lipinski definition) is 0. The minimum Gasteiger partial charge on any atom is -0.233 e. The molecule has 2 nitrogen and oxygen atoms in total. The van der Waals surface area contributed by atoms with Gasteiger partial charge in [-0.3, -0.25) is 0 Å². The summed E-state index contributed by atoms with van der Waals surface area (Å²) in [5, 5.41) is 5.48. The van der Waals surface area contributed by atoms with Crippen LogP contribution in [0.4, 0.5) is 17.6 Å². The topological polar surface area (TPSA) is 17.8 Å². The molecule has 5 rings (SSSR count). The van der Waals surface area contributed by atoms with Gasteiger partial charge in [-0.25, -0.2) is 9.07 Å². The molecule has 0 amide bonds. The van der Waals surface area contributed by atoms with Crippen molar-refractivity contribution in [3.05, 3.63) is 71.2 Å². The van der Waals surface area contributed by atoms with Gasteiger partial charge in [-0.2, -0.15) is 18.3 Å². The summed E-state index contributed by atoms with van der Waals surface area (Å²) in [6.45, 7) is 2.10. The van der Waals surface area contributed by atoms with Crippen LogP contribution in [0.1, 0.15) is 50.2 Å². The molecule has 0 N–H and O–H groups in total. The van der Waals surface area contributed by atoms with Gasteiger partial charge in [-0.05, 0) is 92.0 Å². The number of alkyl halides is 3. The summed E-state index contributed by atoms with van der Waals surface area (Å²) in [5.41, 5.74) is 3.47. The van der Waals surface area contributed by atoms with Crippen molar-refractivity contribution in [2.75, 3.05) is 0 Å². The Kier molecular flexibility index (Phi) is 4.72. The fourth-order valence-corrected chi connectivity index (χ4v) is 5.69. The molecule has 31 heavy (non-hydrogen) atoms. The van der Waals surface area contributed by atoms with E-state index in [4.69, 9.17) is 0 Å². The fraction of sp³-hybridized carbons (Fsp3) is 0.400. The van der Waals surface area contributed by atoms with Crippen molar-refractivity contribution in [2.24, 2.45) is 5.92 Å². The summed E-state index contributed by atoms with van der Waals surface area (Å²) < 4.78 is 55.4. The van der Waals surface area contributed by atoms with Gasteiger partial charge >= 0.3 is 6.18 Å². The van der Waals surface area contributed by atoms with Gasteiger partial charge < -0.3 is 0 Å². The molecule has 0 bridgehead atoms. The first-order valence-electron chi connectivity index (χ1n) is 10.8. The lowest BCUT2D eigenvalue weighted by molar-refractivity contribution is -0.0983. The third kappa shape index (κ3) is 3.27. The SMILES string of the molecule is CC[C@@]12CC=C(C(F)(F)F)C[C@@H]1CCCc1cc3c(cnn3-c3ccc(F)cc3)cc12. The van der Waals surface area contributed by atoms with E-state index < -0.39 is 6.18 Å². The lowest BCUT2D eigenvalue weighted by atomic mass is 9.60. The maximum absolute atomic E-state index is 13.4. The van der Waals surface area contributed by atoms with Crippen molar-refractivity contribution in [2.45, 2.75) is 57.0 Å². The van der Waals surface area contributed by atoms with E-state index in [1.165, 1.54) is 29.3 Å². The first kappa shape index (κ1) is 20.3. The monoisotopic (exact) mass is 428 g/mol. The Morgan fingerprint density at radius 3 is 2.65 bits per heavy atom. The number of fused-ring (bicyclic) bond motifs is 4. The highest BCUT2D eigenvalue weighted by Gasteiger charge is 2.47. The highest BCUT2D eigenvalue weighted by Crippen LogP contribution is 2.53. The van der Waals surface area contributed by atoms with Crippen LogP contribution in [0.15, 0.2) is 54.2 Å². The number of allylic oxidation sites excluding steroid dienone is 2. The number of halogens is 4. The van der Waals surface area contributed by atoms with E-state index in [0.717, 1.165) is 42.3 Å². The van der Waals surface area contributed by atoms with Gasteiger partial charge in [0, 0.05) is 16.4 Å². The van der Waals surface area contributed by atoms with E-state index >= 15 is 0 Å². The van der Waals surface area contributed by atoms with Crippen LogP contribution >= 0.6 is 0 Å². The van der Waals surface area contributed by atoms with Crippen molar-refractivity contribution < 1.29 is 17.6 Å². The second-order valence-electron chi connectivity index (χ2n) is 8.84. The molecule has 0 unspecified atom stereocenters. The third-order valence-electron chi connectivity index (χ3n) is 7.35. The van der Waals surface area contributed by atoms with Crippen molar-refractivity contribution in [3.8, 4) is 5.69 Å². The molecule has 6 heteroatoms. The van der Waals surface area contributed by atoms with E-state index in [2.05, 4.69) is 24.2 Å². The van der Waals surface area contributed by atoms with Crippen LogP contribution in [-0.4, -0.2) is 16.0 Å². The summed E-state index contributed by atoms with van der Waals surface area (Å²) in [6.07, 6.45) is 2.84. The van der Waals surface area contributed by atoms with E-state index in [1.807, 2.05) is 0 Å². The normalized spacial score (nSPS) is 23.8. The summed E-state index contributed by atoms with van der Waals surface area (Å²) in [6, 6.07) is 10.5. The molecule has 1 heterocycles. The highest BCUT2D eigenvalue weighted by atomic mass is 19.4. The van der Waals surface area contributed by atoms with Gasteiger partial charge in [-0.1, -0.05) is 13.0 Å². The maximum atomic E-state index is 13.4. The van der Waals surface area contributed by atoms with Crippen LogP contribution in [0.25, 0.3) is 16.6 Å². The Morgan fingerprint density at radius 2 is 1.94 bits per heavy atom. The minimum absolute atomic E-state index is 0.00929. The molecule has 162 valence electrons. The Hall–Kier alpha value is -2.63. The third-order valence-corrected chi connectivity index (χ3v) is 7.35. The molecule has 2 aromatic carbocycles. The largest absolute Gasteiger partial charge is 0.412 e. The molecule has 0 saturated heterocycles. The minimum atomic E-state index is -4.24. The summed E-state index contributed by atoms with van der Waals surface area (Å²) in [5.74, 6) is -0.307. The lowest BCUT2D eigenvalue weighted by Gasteiger charge is -2.44. The number of aromatic nitrogens is 2. The van der Waals surface area contributed by atoms with Crippen molar-refractivity contribution in [3.63, 3.8) is 0 Å². The first-order chi connectivity index (χ1) is 14.8. The second kappa shape index (κ2) is 7.21. The average molecular weight is 428 g/mol. The molecule has 1 aromatic heterocycles. The van der Waals surface area contributed by atoms with Gasteiger partial charge in [0.25, 0.3) is 0 Å². The van der Waals surface area contributed by atoms with Gasteiger partial charge in [0.2, 0.25) is 0 Å². The summed E-state index contributed by atoms with van der Waals surface area (Å²) >= 11 is 0. The molecule has 0 radical (unpaired) electrons. The van der Waals surface area contributed by atoms with Crippen molar-refractivity contribution in [1.82, 2.24) is 9.78 Å². The van der Waals surface area contributed by atoms with Gasteiger partial charge in [0.15, 0.2) is 0 Å². The zero-order valence-corrected chi connectivity index (χ0v) is 17.3. The predicted octanol–water partition coefficient (Wildman–Crippen LogP) is 7.05. The Morgan fingerprint density at radius 1 is 1.16 bits per heavy atom. The molecule has 2 atom stereocenters. The van der Waals surface area contributed by atoms with Gasteiger partial charge in [-0.15, -0.1) is 0 Å². The zero-order valence-electron chi connectivity index (χ0n) is 17.3. The predicted molar refractivity (Wildman–Crippen MR) is 113 cm³/mol. The van der Waals surface area contributed by atoms with Gasteiger partial charge in [0.05, 0.1) is 17.4 Å². The smallest absolute Gasteiger partial charge is 0.233 e. The Bertz CT molecular complexity index is 1160. The van der Waals surface area contributed by atoms with Crippen LogP contribution in [0, 0.1) is 11.7 Å². The Labute approximate surface area is 178 Å². The molecule has 0 spiro atoms. The molecular weight excluding hydrogens is 404 g/mol. The summed E-state index contributed by atoms with van der Waals surface area (Å²) in [7, 11) is 0. The summed E-state index contributed by atoms with van der Waals surface area (Å²) in [4.78, 5) is 0. The zero-order chi connectivity index (χ0) is 21.8. The standard InChI is InChI=1S/C25H24F4N2/c1-2-24-11-10-19(25(27,28)29)14-18(24)5-3-4-16-13-23-17(12-22(16)24)15-30-31(23)21-8-6-20(26)7-9-21/h6-10,12-13,15,18H,2-5,11,14H2,1H3/t18-,24+/m0/s1. The number of nitrogens with zero attached hydrogens (tertiary/aromatic N) is 2. The fourth-order valence-electron chi connectivity index (χ4n) is 5.69. The van der Waals surface area contributed by atoms with Crippen LogP contribution in [0.2, 0.25) is 0 Å². The van der Waals surface area contributed by atoms with E-state index in [9.17, 15) is 17.6 Å². The molecule has 0 aliphatic heterocycles. The quantitative estimate of drug-likeness (QED) is 0.316. The van der Waals surface area contributed by atoms with Crippen molar-refractivity contribution >= 4 is 10.9 Å². The number of benzene rings is 2. The maximum Gasteiger partial charge on any atom is 0.412 e. The van der Waals surface area contributed by atoms with E-state index in [-0.39, 0.29) is 29.1 Å².